The lowest BCUT2D eigenvalue weighted by Gasteiger charge is -2.08. The van der Waals surface area contributed by atoms with Gasteiger partial charge >= 0.3 is 0 Å². The summed E-state index contributed by atoms with van der Waals surface area (Å²) in [5.41, 5.74) is 0.832. The molecule has 80 valence electrons. The Morgan fingerprint density at radius 1 is 1.47 bits per heavy atom. The standard InChI is InChI=1S/C9H13N5S/c1-6(2)14-8(10-11-9(14)15)7-4-5-13(3)12-7/h4-6H,1-3H3,(H,11,15). The summed E-state index contributed by atoms with van der Waals surface area (Å²) in [5.74, 6) is 0.788. The zero-order chi connectivity index (χ0) is 11.0. The third-order valence-electron chi connectivity index (χ3n) is 2.16. The van der Waals surface area contributed by atoms with Crippen molar-refractivity contribution in [3.05, 3.63) is 17.0 Å². The van der Waals surface area contributed by atoms with Crippen molar-refractivity contribution >= 4 is 12.2 Å². The van der Waals surface area contributed by atoms with Crippen LogP contribution in [0.3, 0.4) is 0 Å². The lowest BCUT2D eigenvalue weighted by molar-refractivity contribution is 0.595. The van der Waals surface area contributed by atoms with E-state index in [1.165, 1.54) is 0 Å². The van der Waals surface area contributed by atoms with Gasteiger partial charge in [0.05, 0.1) is 0 Å². The third-order valence-corrected chi connectivity index (χ3v) is 2.45. The van der Waals surface area contributed by atoms with Crippen LogP contribution in [0.2, 0.25) is 0 Å². The van der Waals surface area contributed by atoms with Crippen LogP contribution in [0.25, 0.3) is 11.5 Å². The summed E-state index contributed by atoms with van der Waals surface area (Å²) in [4.78, 5) is 0. The predicted octanol–water partition coefficient (Wildman–Crippen LogP) is 1.92. The highest BCUT2D eigenvalue weighted by Crippen LogP contribution is 2.18. The molecular formula is C9H13N5S. The number of aromatic amines is 1. The van der Waals surface area contributed by atoms with Crippen molar-refractivity contribution in [3.8, 4) is 11.5 Å². The number of aromatic nitrogens is 5. The maximum absolute atomic E-state index is 5.17. The Labute approximate surface area is 92.7 Å². The molecule has 2 aromatic heterocycles. The van der Waals surface area contributed by atoms with Crippen molar-refractivity contribution in [2.45, 2.75) is 19.9 Å². The first-order chi connectivity index (χ1) is 7.09. The van der Waals surface area contributed by atoms with E-state index in [0.29, 0.717) is 4.77 Å². The molecule has 0 radical (unpaired) electrons. The van der Waals surface area contributed by atoms with Crippen LogP contribution in [-0.2, 0) is 7.05 Å². The van der Waals surface area contributed by atoms with E-state index in [1.807, 2.05) is 23.9 Å². The highest BCUT2D eigenvalue weighted by molar-refractivity contribution is 7.71. The van der Waals surface area contributed by atoms with E-state index in [9.17, 15) is 0 Å². The van der Waals surface area contributed by atoms with Crippen LogP contribution in [0, 0.1) is 4.77 Å². The van der Waals surface area contributed by atoms with Gasteiger partial charge < -0.3 is 0 Å². The molecule has 2 rings (SSSR count). The second-order valence-corrected chi connectivity index (χ2v) is 4.08. The van der Waals surface area contributed by atoms with Crippen molar-refractivity contribution in [1.82, 2.24) is 24.5 Å². The minimum absolute atomic E-state index is 0.272. The molecule has 0 amide bonds. The maximum Gasteiger partial charge on any atom is 0.195 e. The summed E-state index contributed by atoms with van der Waals surface area (Å²) in [5, 5.41) is 11.3. The average Bonchev–Trinajstić information content (AvgIpc) is 2.71. The lowest BCUT2D eigenvalue weighted by atomic mass is 10.3. The van der Waals surface area contributed by atoms with E-state index in [4.69, 9.17) is 12.2 Å². The number of rotatable bonds is 2. The normalized spacial score (nSPS) is 11.2. The van der Waals surface area contributed by atoms with Gasteiger partial charge in [0.2, 0.25) is 0 Å². The monoisotopic (exact) mass is 223 g/mol. The molecule has 2 aromatic rings. The van der Waals surface area contributed by atoms with Crippen LogP contribution < -0.4 is 0 Å². The molecule has 0 aliphatic carbocycles. The van der Waals surface area contributed by atoms with Crippen LogP contribution in [-0.4, -0.2) is 24.5 Å². The zero-order valence-corrected chi connectivity index (χ0v) is 9.75. The van der Waals surface area contributed by atoms with Gasteiger partial charge in [0, 0.05) is 19.3 Å². The first-order valence-electron chi connectivity index (χ1n) is 4.76. The van der Waals surface area contributed by atoms with Crippen molar-refractivity contribution in [3.63, 3.8) is 0 Å². The fourth-order valence-corrected chi connectivity index (χ4v) is 1.84. The topological polar surface area (TPSA) is 51.4 Å². The third kappa shape index (κ3) is 1.72. The molecule has 1 N–H and O–H groups in total. The Kier molecular flexibility index (Phi) is 2.44. The first-order valence-corrected chi connectivity index (χ1v) is 5.17. The minimum Gasteiger partial charge on any atom is -0.296 e. The molecule has 0 aliphatic heterocycles. The smallest absolute Gasteiger partial charge is 0.195 e. The Balaban J connectivity index is 2.58. The summed E-state index contributed by atoms with van der Waals surface area (Å²) in [6.45, 7) is 4.13. The fraction of sp³-hybridized carbons (Fsp3) is 0.444. The molecule has 0 fully saturated rings. The predicted molar refractivity (Wildman–Crippen MR) is 60.0 cm³/mol. The van der Waals surface area contributed by atoms with E-state index < -0.39 is 0 Å². The average molecular weight is 223 g/mol. The number of H-pyrrole nitrogens is 1. The first kappa shape index (κ1) is 10.1. The molecule has 0 spiro atoms. The highest BCUT2D eigenvalue weighted by atomic mass is 32.1. The van der Waals surface area contributed by atoms with Gasteiger partial charge in [-0.2, -0.15) is 10.2 Å². The Bertz CT molecular complexity index is 519. The molecule has 0 unspecified atom stereocenters. The quantitative estimate of drug-likeness (QED) is 0.791. The van der Waals surface area contributed by atoms with Gasteiger partial charge in [0.25, 0.3) is 0 Å². The summed E-state index contributed by atoms with van der Waals surface area (Å²) >= 11 is 5.17. The van der Waals surface area contributed by atoms with Gasteiger partial charge in [-0.05, 0) is 32.1 Å². The molecular weight excluding hydrogens is 210 g/mol. The van der Waals surface area contributed by atoms with Gasteiger partial charge in [0.1, 0.15) is 5.69 Å². The molecule has 2 heterocycles. The van der Waals surface area contributed by atoms with Gasteiger partial charge in [-0.25, -0.2) is 0 Å². The summed E-state index contributed by atoms with van der Waals surface area (Å²) in [6, 6.07) is 2.19. The van der Waals surface area contributed by atoms with Gasteiger partial charge in [-0.3, -0.25) is 14.3 Å². The number of hydrogen-bond donors (Lipinski definition) is 1. The largest absolute Gasteiger partial charge is 0.296 e. The molecule has 0 saturated carbocycles. The van der Waals surface area contributed by atoms with Crippen LogP contribution >= 0.6 is 12.2 Å². The van der Waals surface area contributed by atoms with Gasteiger partial charge in [-0.15, -0.1) is 0 Å². The summed E-state index contributed by atoms with van der Waals surface area (Å²) < 4.78 is 4.33. The Morgan fingerprint density at radius 3 is 2.73 bits per heavy atom. The van der Waals surface area contributed by atoms with Crippen molar-refractivity contribution in [2.24, 2.45) is 7.05 Å². The zero-order valence-electron chi connectivity index (χ0n) is 8.93. The van der Waals surface area contributed by atoms with E-state index in [2.05, 4.69) is 29.1 Å². The van der Waals surface area contributed by atoms with Gasteiger partial charge in [-0.1, -0.05) is 0 Å². The van der Waals surface area contributed by atoms with Crippen molar-refractivity contribution in [1.29, 1.82) is 0 Å². The molecule has 5 nitrogen and oxygen atoms in total. The Hall–Kier alpha value is -1.43. The highest BCUT2D eigenvalue weighted by Gasteiger charge is 2.13. The van der Waals surface area contributed by atoms with Crippen molar-refractivity contribution < 1.29 is 0 Å². The molecule has 0 atom stereocenters. The second-order valence-electron chi connectivity index (χ2n) is 3.69. The van der Waals surface area contributed by atoms with Gasteiger partial charge in [0.15, 0.2) is 10.6 Å². The SMILES string of the molecule is CC(C)n1c(-c2ccn(C)n2)n[nH]c1=S. The van der Waals surface area contributed by atoms with E-state index in [-0.39, 0.29) is 6.04 Å². The minimum atomic E-state index is 0.272. The Morgan fingerprint density at radius 2 is 2.20 bits per heavy atom. The number of nitrogens with zero attached hydrogens (tertiary/aromatic N) is 4. The van der Waals surface area contributed by atoms with E-state index >= 15 is 0 Å². The van der Waals surface area contributed by atoms with Crippen LogP contribution in [0.5, 0.6) is 0 Å². The molecule has 0 aromatic carbocycles. The number of nitrogens with one attached hydrogen (secondary N) is 1. The molecule has 0 aliphatic rings. The molecule has 0 saturated heterocycles. The lowest BCUT2D eigenvalue weighted by Crippen LogP contribution is -2.03. The van der Waals surface area contributed by atoms with Crippen LogP contribution in [0.1, 0.15) is 19.9 Å². The number of hydrogen-bond acceptors (Lipinski definition) is 3. The maximum atomic E-state index is 5.17. The molecule has 0 bridgehead atoms. The summed E-state index contributed by atoms with van der Waals surface area (Å²) in [6.07, 6.45) is 1.89. The van der Waals surface area contributed by atoms with E-state index in [0.717, 1.165) is 11.5 Å². The summed E-state index contributed by atoms with van der Waals surface area (Å²) in [7, 11) is 1.88. The van der Waals surface area contributed by atoms with Crippen LogP contribution in [0.15, 0.2) is 12.3 Å². The van der Waals surface area contributed by atoms with Crippen LogP contribution in [0.4, 0.5) is 0 Å². The molecule has 15 heavy (non-hydrogen) atoms. The van der Waals surface area contributed by atoms with Crippen molar-refractivity contribution in [2.75, 3.05) is 0 Å². The number of aryl methyl sites for hydroxylation is 1. The van der Waals surface area contributed by atoms with E-state index in [1.54, 1.807) is 4.68 Å². The second kappa shape index (κ2) is 3.62. The molecule has 6 heteroatoms. The fourth-order valence-electron chi connectivity index (χ4n) is 1.50.